The number of likely N-dealkylation sites (tertiary alicyclic amines) is 1. The number of carbonyl (C=O) groups is 3. The topological polar surface area (TPSA) is 63.7 Å². The van der Waals surface area contributed by atoms with Gasteiger partial charge in [-0.15, -0.1) is 0 Å². The van der Waals surface area contributed by atoms with Crippen LogP contribution in [0.3, 0.4) is 0 Å². The Labute approximate surface area is 123 Å². The molecule has 1 heterocycles. The molecule has 0 aromatic heterocycles. The van der Waals surface area contributed by atoms with E-state index in [4.69, 9.17) is 0 Å². The quantitative estimate of drug-likeness (QED) is 0.618. The molecule has 1 saturated heterocycles. The fourth-order valence-electron chi connectivity index (χ4n) is 2.54. The normalized spacial score (nSPS) is 18.5. The van der Waals surface area contributed by atoms with E-state index in [1.165, 1.54) is 12.0 Å². The Balaban J connectivity index is 1.96. The minimum absolute atomic E-state index is 0.00951. The number of carbonyl (C=O) groups excluding carboxylic acids is 3. The van der Waals surface area contributed by atoms with Gasteiger partial charge in [0.05, 0.1) is 20.1 Å². The number of nitrogens with zero attached hydrogens (tertiary/aromatic N) is 1. The summed E-state index contributed by atoms with van der Waals surface area (Å²) in [4.78, 5) is 37.1. The van der Waals surface area contributed by atoms with Crippen LogP contribution in [0.15, 0.2) is 24.3 Å². The second-order valence-electron chi connectivity index (χ2n) is 5.31. The van der Waals surface area contributed by atoms with Crippen LogP contribution in [-0.4, -0.2) is 42.8 Å². The highest BCUT2D eigenvalue weighted by Gasteiger charge is 2.34. The molecular formula is C16H19NO4. The van der Waals surface area contributed by atoms with Crippen molar-refractivity contribution in [2.24, 2.45) is 5.92 Å². The summed E-state index contributed by atoms with van der Waals surface area (Å²) in [6.45, 7) is 2.37. The molecule has 5 nitrogen and oxygen atoms in total. The monoisotopic (exact) mass is 289 g/mol. The number of ether oxygens (including phenoxy) is 1. The minimum Gasteiger partial charge on any atom is -0.468 e. The summed E-state index contributed by atoms with van der Waals surface area (Å²) in [5.74, 6) is -1.56. The predicted molar refractivity (Wildman–Crippen MR) is 76.6 cm³/mol. The molecule has 0 radical (unpaired) electrons. The van der Waals surface area contributed by atoms with E-state index in [1.807, 2.05) is 31.2 Å². The molecule has 1 aromatic carbocycles. The van der Waals surface area contributed by atoms with E-state index < -0.39 is 11.9 Å². The molecular weight excluding hydrogens is 270 g/mol. The number of benzene rings is 1. The summed E-state index contributed by atoms with van der Waals surface area (Å²) < 4.78 is 4.60. The zero-order valence-corrected chi connectivity index (χ0v) is 12.3. The third-order valence-corrected chi connectivity index (χ3v) is 3.70. The molecule has 1 unspecified atom stereocenters. The van der Waals surface area contributed by atoms with Gasteiger partial charge in [0.25, 0.3) is 0 Å². The van der Waals surface area contributed by atoms with Crippen molar-refractivity contribution in [2.75, 3.05) is 20.2 Å². The van der Waals surface area contributed by atoms with Gasteiger partial charge in [-0.05, 0) is 18.9 Å². The van der Waals surface area contributed by atoms with Crippen molar-refractivity contribution >= 4 is 17.7 Å². The summed E-state index contributed by atoms with van der Waals surface area (Å²) in [6, 6.07) is 7.74. The van der Waals surface area contributed by atoms with Gasteiger partial charge in [0.2, 0.25) is 5.91 Å². The van der Waals surface area contributed by atoms with Gasteiger partial charge in [-0.25, -0.2) is 0 Å². The molecule has 1 amide bonds. The highest BCUT2D eigenvalue weighted by molar-refractivity contribution is 6.02. The summed E-state index contributed by atoms with van der Waals surface area (Å²) in [7, 11) is 1.27. The van der Waals surface area contributed by atoms with Crippen molar-refractivity contribution in [3.63, 3.8) is 0 Å². The molecule has 1 aromatic rings. The van der Waals surface area contributed by atoms with Crippen LogP contribution < -0.4 is 0 Å². The van der Waals surface area contributed by atoms with E-state index >= 15 is 0 Å². The first-order chi connectivity index (χ1) is 10.0. The highest BCUT2D eigenvalue weighted by Crippen LogP contribution is 2.17. The van der Waals surface area contributed by atoms with Gasteiger partial charge in [-0.1, -0.05) is 29.8 Å². The van der Waals surface area contributed by atoms with E-state index in [0.717, 1.165) is 11.1 Å². The van der Waals surface area contributed by atoms with Gasteiger partial charge in [0.1, 0.15) is 5.92 Å². The lowest BCUT2D eigenvalue weighted by Crippen LogP contribution is -2.47. The smallest absolute Gasteiger partial charge is 0.316 e. The molecule has 0 N–H and O–H groups in total. The van der Waals surface area contributed by atoms with Crippen molar-refractivity contribution in [3.8, 4) is 0 Å². The van der Waals surface area contributed by atoms with E-state index in [-0.39, 0.29) is 24.7 Å². The number of hydrogen-bond acceptors (Lipinski definition) is 4. The van der Waals surface area contributed by atoms with Gasteiger partial charge in [-0.3, -0.25) is 14.4 Å². The third kappa shape index (κ3) is 3.68. The average molecular weight is 289 g/mol. The van der Waals surface area contributed by atoms with E-state index in [1.54, 1.807) is 0 Å². The number of piperidine rings is 1. The van der Waals surface area contributed by atoms with Crippen molar-refractivity contribution in [2.45, 2.75) is 19.8 Å². The minimum atomic E-state index is -0.724. The summed E-state index contributed by atoms with van der Waals surface area (Å²) in [5.41, 5.74) is 2.03. The standard InChI is InChI=1S/C16H19NO4/c1-11-4-3-5-12(8-11)9-15(19)17-7-6-13(14(18)10-17)16(20)21-2/h3-5,8,13H,6-7,9-10H2,1-2H3. The number of hydrogen-bond donors (Lipinski definition) is 0. The molecule has 0 bridgehead atoms. The molecule has 1 atom stereocenters. The zero-order valence-electron chi connectivity index (χ0n) is 12.3. The molecule has 0 saturated carbocycles. The van der Waals surface area contributed by atoms with Gasteiger partial charge in [0.15, 0.2) is 5.78 Å². The van der Waals surface area contributed by atoms with Crippen molar-refractivity contribution in [1.29, 1.82) is 0 Å². The largest absolute Gasteiger partial charge is 0.468 e. The summed E-state index contributed by atoms with van der Waals surface area (Å²) >= 11 is 0. The van der Waals surface area contributed by atoms with Crippen LogP contribution in [0.1, 0.15) is 17.5 Å². The maximum Gasteiger partial charge on any atom is 0.316 e. The van der Waals surface area contributed by atoms with Gasteiger partial charge in [-0.2, -0.15) is 0 Å². The average Bonchev–Trinajstić information content (AvgIpc) is 2.46. The van der Waals surface area contributed by atoms with Crippen LogP contribution >= 0.6 is 0 Å². The van der Waals surface area contributed by atoms with E-state index in [0.29, 0.717) is 13.0 Å². The number of methoxy groups -OCH3 is 1. The first-order valence-corrected chi connectivity index (χ1v) is 6.95. The number of esters is 1. The Hall–Kier alpha value is -2.17. The Morgan fingerprint density at radius 1 is 1.38 bits per heavy atom. The fraction of sp³-hybridized carbons (Fsp3) is 0.438. The predicted octanol–water partition coefficient (Wildman–Crippen LogP) is 1.13. The molecule has 0 spiro atoms. The first-order valence-electron chi connectivity index (χ1n) is 6.95. The lowest BCUT2D eigenvalue weighted by atomic mass is 9.95. The fourth-order valence-corrected chi connectivity index (χ4v) is 2.54. The number of amides is 1. The SMILES string of the molecule is COC(=O)C1CCN(C(=O)Cc2cccc(C)c2)CC1=O. The van der Waals surface area contributed by atoms with Gasteiger partial charge >= 0.3 is 5.97 Å². The summed E-state index contributed by atoms with van der Waals surface area (Å²) in [6.07, 6.45) is 0.614. The second-order valence-corrected chi connectivity index (χ2v) is 5.31. The van der Waals surface area contributed by atoms with Crippen LogP contribution in [0.2, 0.25) is 0 Å². The lowest BCUT2D eigenvalue weighted by molar-refractivity contribution is -0.154. The zero-order chi connectivity index (χ0) is 15.4. The second kappa shape index (κ2) is 6.52. The van der Waals surface area contributed by atoms with Gasteiger partial charge in [0, 0.05) is 6.54 Å². The molecule has 1 aliphatic rings. The van der Waals surface area contributed by atoms with E-state index in [2.05, 4.69) is 4.74 Å². The molecule has 1 aliphatic heterocycles. The van der Waals surface area contributed by atoms with Crippen LogP contribution in [-0.2, 0) is 25.5 Å². The lowest BCUT2D eigenvalue weighted by Gasteiger charge is -2.29. The Morgan fingerprint density at radius 2 is 2.14 bits per heavy atom. The van der Waals surface area contributed by atoms with Crippen LogP contribution in [0.5, 0.6) is 0 Å². The Kier molecular flexibility index (Phi) is 4.73. The van der Waals surface area contributed by atoms with Crippen LogP contribution in [0, 0.1) is 12.8 Å². The number of ketones is 1. The van der Waals surface area contributed by atoms with Crippen LogP contribution in [0.25, 0.3) is 0 Å². The third-order valence-electron chi connectivity index (χ3n) is 3.70. The number of rotatable bonds is 3. The Bertz CT molecular complexity index is 567. The molecule has 112 valence electrons. The molecule has 5 heteroatoms. The molecule has 1 fully saturated rings. The number of aryl methyl sites for hydroxylation is 1. The maximum atomic E-state index is 12.2. The molecule has 2 rings (SSSR count). The maximum absolute atomic E-state index is 12.2. The van der Waals surface area contributed by atoms with E-state index in [9.17, 15) is 14.4 Å². The van der Waals surface area contributed by atoms with Crippen molar-refractivity contribution in [1.82, 2.24) is 4.90 Å². The van der Waals surface area contributed by atoms with Crippen molar-refractivity contribution < 1.29 is 19.1 Å². The Morgan fingerprint density at radius 3 is 2.76 bits per heavy atom. The van der Waals surface area contributed by atoms with Gasteiger partial charge < -0.3 is 9.64 Å². The molecule has 21 heavy (non-hydrogen) atoms. The first kappa shape index (κ1) is 15.2. The highest BCUT2D eigenvalue weighted by atomic mass is 16.5. The summed E-state index contributed by atoms with van der Waals surface area (Å²) in [5, 5.41) is 0. The van der Waals surface area contributed by atoms with Crippen molar-refractivity contribution in [3.05, 3.63) is 35.4 Å². The van der Waals surface area contributed by atoms with Crippen LogP contribution in [0.4, 0.5) is 0 Å². The molecule has 0 aliphatic carbocycles. The number of Topliss-reactive ketones (excluding diaryl/α,β-unsaturated/α-hetero) is 1.